The lowest BCUT2D eigenvalue weighted by atomic mass is 9.88. The van der Waals surface area contributed by atoms with Crippen molar-refractivity contribution in [3.8, 4) is 0 Å². The summed E-state index contributed by atoms with van der Waals surface area (Å²) in [5.74, 6) is 0.709. The summed E-state index contributed by atoms with van der Waals surface area (Å²) in [7, 11) is 2.06. The van der Waals surface area contributed by atoms with Crippen LogP contribution in [-0.4, -0.2) is 7.05 Å². The van der Waals surface area contributed by atoms with Crippen LogP contribution >= 0.6 is 0 Å². The number of benzene rings is 1. The molecule has 1 aliphatic heterocycles. The van der Waals surface area contributed by atoms with Gasteiger partial charge >= 0.3 is 0 Å². The zero-order valence-corrected chi connectivity index (χ0v) is 11.1. The van der Waals surface area contributed by atoms with Gasteiger partial charge in [-0.05, 0) is 29.7 Å². The Balaban J connectivity index is 2.25. The van der Waals surface area contributed by atoms with E-state index >= 15 is 0 Å². The molecule has 1 aromatic rings. The van der Waals surface area contributed by atoms with E-state index in [0.29, 0.717) is 12.0 Å². The predicted octanol–water partition coefficient (Wildman–Crippen LogP) is 3.41. The van der Waals surface area contributed by atoms with Gasteiger partial charge in [0.25, 0.3) is 0 Å². The van der Waals surface area contributed by atoms with E-state index in [9.17, 15) is 0 Å². The monoisotopic (exact) mass is 233 g/mol. The van der Waals surface area contributed by atoms with Crippen LogP contribution in [0.3, 0.4) is 0 Å². The van der Waals surface area contributed by atoms with Gasteiger partial charge in [0.1, 0.15) is 0 Å². The first-order chi connectivity index (χ1) is 8.30. The maximum absolute atomic E-state index is 5.48. The van der Waals surface area contributed by atoms with Gasteiger partial charge in [-0.3, -0.25) is 0 Å². The Morgan fingerprint density at radius 2 is 1.88 bits per heavy atom. The van der Waals surface area contributed by atoms with E-state index in [1.807, 2.05) is 0 Å². The minimum Gasteiger partial charge on any atom is -0.372 e. The maximum atomic E-state index is 5.48. The lowest BCUT2D eigenvalue weighted by Gasteiger charge is -2.25. The van der Waals surface area contributed by atoms with Gasteiger partial charge in [-0.25, -0.2) is 0 Å². The molecule has 17 heavy (non-hydrogen) atoms. The van der Waals surface area contributed by atoms with Crippen molar-refractivity contribution in [2.75, 3.05) is 7.05 Å². The molecule has 1 aliphatic rings. The first-order valence-corrected chi connectivity index (χ1v) is 6.66. The van der Waals surface area contributed by atoms with Crippen LogP contribution in [0.4, 0.5) is 0 Å². The Bertz CT molecular complexity index is 371. The van der Waals surface area contributed by atoms with Crippen molar-refractivity contribution >= 4 is 0 Å². The van der Waals surface area contributed by atoms with Crippen molar-refractivity contribution in [2.45, 2.75) is 45.9 Å². The van der Waals surface area contributed by atoms with Gasteiger partial charge in [0.05, 0.1) is 13.2 Å². The standard InChI is InChI=1S/C15H23NO/c1-4-11(5-2)15(16-3)12-6-7-13-9-17-10-14(13)8-12/h6-8,11,15-16H,4-5,9-10H2,1-3H3. The van der Waals surface area contributed by atoms with E-state index in [1.54, 1.807) is 0 Å². The van der Waals surface area contributed by atoms with E-state index in [2.05, 4.69) is 44.4 Å². The Morgan fingerprint density at radius 1 is 1.18 bits per heavy atom. The number of hydrogen-bond donors (Lipinski definition) is 1. The number of fused-ring (bicyclic) bond motifs is 1. The summed E-state index contributed by atoms with van der Waals surface area (Å²) in [6.45, 7) is 6.11. The second-order valence-electron chi connectivity index (χ2n) is 4.86. The molecule has 0 saturated carbocycles. The van der Waals surface area contributed by atoms with Crippen molar-refractivity contribution in [2.24, 2.45) is 5.92 Å². The normalized spacial score (nSPS) is 16.2. The smallest absolute Gasteiger partial charge is 0.0725 e. The predicted molar refractivity (Wildman–Crippen MR) is 70.8 cm³/mol. The van der Waals surface area contributed by atoms with Crippen LogP contribution in [0.1, 0.15) is 49.4 Å². The summed E-state index contributed by atoms with van der Waals surface area (Å²) in [5, 5.41) is 3.47. The second kappa shape index (κ2) is 5.65. The molecule has 0 bridgehead atoms. The molecule has 0 fully saturated rings. The van der Waals surface area contributed by atoms with Gasteiger partial charge in [-0.2, -0.15) is 0 Å². The molecule has 0 aromatic heterocycles. The third-order valence-corrected chi connectivity index (χ3v) is 3.94. The zero-order valence-electron chi connectivity index (χ0n) is 11.1. The highest BCUT2D eigenvalue weighted by molar-refractivity contribution is 5.34. The number of rotatable bonds is 5. The highest BCUT2D eigenvalue weighted by Gasteiger charge is 2.20. The summed E-state index contributed by atoms with van der Waals surface area (Å²) in [6, 6.07) is 7.27. The third-order valence-electron chi connectivity index (χ3n) is 3.94. The molecule has 2 rings (SSSR count). The number of nitrogens with one attached hydrogen (secondary N) is 1. The third kappa shape index (κ3) is 2.53. The van der Waals surface area contributed by atoms with Crippen molar-refractivity contribution in [1.29, 1.82) is 0 Å². The summed E-state index contributed by atoms with van der Waals surface area (Å²) in [6.07, 6.45) is 2.44. The van der Waals surface area contributed by atoms with E-state index < -0.39 is 0 Å². The lowest BCUT2D eigenvalue weighted by molar-refractivity contribution is 0.134. The van der Waals surface area contributed by atoms with Crippen LogP contribution in [0.2, 0.25) is 0 Å². The first-order valence-electron chi connectivity index (χ1n) is 6.66. The molecule has 1 N–H and O–H groups in total. The van der Waals surface area contributed by atoms with E-state index in [0.717, 1.165) is 13.2 Å². The Morgan fingerprint density at radius 3 is 2.53 bits per heavy atom. The van der Waals surface area contributed by atoms with Crippen molar-refractivity contribution in [3.63, 3.8) is 0 Å². The topological polar surface area (TPSA) is 21.3 Å². The van der Waals surface area contributed by atoms with Crippen LogP contribution in [0, 0.1) is 5.92 Å². The van der Waals surface area contributed by atoms with Crippen LogP contribution in [-0.2, 0) is 18.0 Å². The summed E-state index contributed by atoms with van der Waals surface area (Å²) in [4.78, 5) is 0. The largest absolute Gasteiger partial charge is 0.372 e. The molecule has 1 atom stereocenters. The molecule has 1 aromatic carbocycles. The summed E-state index contributed by atoms with van der Waals surface area (Å²) >= 11 is 0. The fourth-order valence-corrected chi connectivity index (χ4v) is 2.82. The first kappa shape index (κ1) is 12.6. The van der Waals surface area contributed by atoms with Crippen molar-refractivity contribution in [1.82, 2.24) is 5.32 Å². The number of hydrogen-bond acceptors (Lipinski definition) is 2. The quantitative estimate of drug-likeness (QED) is 0.841. The molecule has 1 unspecified atom stereocenters. The molecule has 0 amide bonds. The summed E-state index contributed by atoms with van der Waals surface area (Å²) < 4.78 is 5.48. The van der Waals surface area contributed by atoms with Gasteiger partial charge in [0.2, 0.25) is 0 Å². The number of ether oxygens (including phenoxy) is 1. The highest BCUT2D eigenvalue weighted by Crippen LogP contribution is 2.30. The SMILES string of the molecule is CCC(CC)C(NC)c1ccc2c(c1)COC2. The lowest BCUT2D eigenvalue weighted by Crippen LogP contribution is -2.24. The molecule has 2 nitrogen and oxygen atoms in total. The summed E-state index contributed by atoms with van der Waals surface area (Å²) in [5.41, 5.74) is 4.13. The molecular formula is C15H23NO. The fraction of sp³-hybridized carbons (Fsp3) is 0.600. The average Bonchev–Trinajstić information content (AvgIpc) is 2.82. The molecule has 1 heterocycles. The Labute approximate surface area is 104 Å². The molecule has 0 radical (unpaired) electrons. The molecule has 0 spiro atoms. The highest BCUT2D eigenvalue weighted by atomic mass is 16.5. The minimum absolute atomic E-state index is 0.468. The average molecular weight is 233 g/mol. The van der Waals surface area contributed by atoms with Crippen molar-refractivity contribution in [3.05, 3.63) is 34.9 Å². The van der Waals surface area contributed by atoms with Gasteiger partial charge in [0.15, 0.2) is 0 Å². The molecular weight excluding hydrogens is 210 g/mol. The van der Waals surface area contributed by atoms with Gasteiger partial charge in [0, 0.05) is 6.04 Å². The van der Waals surface area contributed by atoms with E-state index in [4.69, 9.17) is 4.74 Å². The molecule has 0 saturated heterocycles. The Hall–Kier alpha value is -0.860. The van der Waals surface area contributed by atoms with E-state index in [1.165, 1.54) is 29.5 Å². The van der Waals surface area contributed by atoms with Crippen LogP contribution < -0.4 is 5.32 Å². The maximum Gasteiger partial charge on any atom is 0.0725 e. The van der Waals surface area contributed by atoms with Crippen LogP contribution in [0.15, 0.2) is 18.2 Å². The fourth-order valence-electron chi connectivity index (χ4n) is 2.82. The minimum atomic E-state index is 0.468. The van der Waals surface area contributed by atoms with Gasteiger partial charge < -0.3 is 10.1 Å². The zero-order chi connectivity index (χ0) is 12.3. The van der Waals surface area contributed by atoms with Gasteiger partial charge in [-0.1, -0.05) is 44.9 Å². The second-order valence-corrected chi connectivity index (χ2v) is 4.86. The molecule has 94 valence electrons. The van der Waals surface area contributed by atoms with Crippen molar-refractivity contribution < 1.29 is 4.74 Å². The molecule has 0 aliphatic carbocycles. The van der Waals surface area contributed by atoms with Crippen LogP contribution in [0.5, 0.6) is 0 Å². The van der Waals surface area contributed by atoms with Gasteiger partial charge in [-0.15, -0.1) is 0 Å². The van der Waals surface area contributed by atoms with E-state index in [-0.39, 0.29) is 0 Å². The molecule has 2 heteroatoms. The van der Waals surface area contributed by atoms with Crippen LogP contribution in [0.25, 0.3) is 0 Å². The Kier molecular flexibility index (Phi) is 4.19.